The zero-order valence-corrected chi connectivity index (χ0v) is 3.83. The minimum absolute atomic E-state index is 1.14. The topological polar surface area (TPSA) is 0 Å². The van der Waals surface area contributed by atoms with Crippen LogP contribution in [-0.4, -0.2) is 0 Å². The summed E-state index contributed by atoms with van der Waals surface area (Å²) in [6, 6.07) is 0. The zero-order chi connectivity index (χ0) is 4.41. The molecule has 0 saturated carbocycles. The number of hydrogen-bond donors (Lipinski definition) is 0. The molecule has 0 fully saturated rings. The molecule has 0 radical (unpaired) electrons. The zero-order valence-electron chi connectivity index (χ0n) is 3.83. The van der Waals surface area contributed by atoms with Gasteiger partial charge >= 0.3 is 0 Å². The van der Waals surface area contributed by atoms with Gasteiger partial charge in [-0.05, 0) is 25.3 Å². The molecule has 0 heteroatoms. The van der Waals surface area contributed by atoms with Crippen molar-refractivity contribution >= 4 is 0 Å². The van der Waals surface area contributed by atoms with Gasteiger partial charge in [-0.15, -0.1) is 0 Å². The first kappa shape index (κ1) is 3.79. The molecule has 0 spiro atoms. The molecule has 0 amide bonds. The average molecular weight is 80.1 g/mol. The highest BCUT2D eigenvalue weighted by atomic mass is 14.0. The Morgan fingerprint density at radius 2 is 2.50 bits per heavy atom. The lowest BCUT2D eigenvalue weighted by Crippen LogP contribution is -1.60. The van der Waals surface area contributed by atoms with Crippen LogP contribution in [0.4, 0.5) is 0 Å². The molecule has 0 aromatic carbocycles. The van der Waals surface area contributed by atoms with Crippen LogP contribution in [0.5, 0.6) is 0 Å². The first-order valence-corrected chi connectivity index (χ1v) is 2.31. The van der Waals surface area contributed by atoms with Crippen LogP contribution in [-0.2, 0) is 0 Å². The van der Waals surface area contributed by atoms with Gasteiger partial charge < -0.3 is 0 Å². The van der Waals surface area contributed by atoms with Crippen LogP contribution in [0.3, 0.4) is 0 Å². The summed E-state index contributed by atoms with van der Waals surface area (Å²) in [7, 11) is 0. The van der Waals surface area contributed by atoms with Crippen molar-refractivity contribution in [3.63, 3.8) is 0 Å². The lowest BCUT2D eigenvalue weighted by Gasteiger charge is -1.79. The molecule has 0 nitrogen and oxygen atoms in total. The first-order chi connectivity index (χ1) is 2.89. The van der Waals surface area contributed by atoms with Crippen molar-refractivity contribution in [1.29, 1.82) is 0 Å². The molecule has 0 unspecified atom stereocenters. The van der Waals surface area contributed by atoms with E-state index in [4.69, 9.17) is 0 Å². The third kappa shape index (κ3) is 0.563. The summed E-state index contributed by atoms with van der Waals surface area (Å²) in [5.41, 5.74) is 1.20. The Bertz CT molecular complexity index is 70.1. The second kappa shape index (κ2) is 1.38. The molecular weight excluding hydrogens is 72.1 g/mol. The maximum atomic E-state index is 3.74. The lowest BCUT2D eigenvalue weighted by atomic mass is 10.3. The Hall–Kier alpha value is -0.390. The van der Waals surface area contributed by atoms with E-state index in [2.05, 4.69) is 13.0 Å². The lowest BCUT2D eigenvalue weighted by molar-refractivity contribution is 0.910. The number of allylic oxidation sites excluding steroid dienone is 2. The van der Waals surface area contributed by atoms with Crippen LogP contribution < -0.4 is 0 Å². The second-order valence-electron chi connectivity index (χ2n) is 1.63. The quantitative estimate of drug-likeness (QED) is 0.389. The Balaban J connectivity index is 2.45. The third-order valence-corrected chi connectivity index (χ3v) is 1.03. The Morgan fingerprint density at radius 1 is 1.67 bits per heavy atom. The molecule has 1 rings (SSSR count). The summed E-state index contributed by atoms with van der Waals surface area (Å²) >= 11 is 0. The van der Waals surface area contributed by atoms with Gasteiger partial charge in [0.2, 0.25) is 0 Å². The molecule has 1 aliphatic carbocycles. The normalized spacial score (nSPS) is 21.0. The second-order valence-corrected chi connectivity index (χ2v) is 1.63. The molecule has 0 aliphatic heterocycles. The van der Waals surface area contributed by atoms with Gasteiger partial charge in [0, 0.05) is 0 Å². The minimum Gasteiger partial charge on any atom is -0.0955 e. The highest BCUT2D eigenvalue weighted by Crippen LogP contribution is 2.13. The van der Waals surface area contributed by atoms with E-state index in [1.165, 1.54) is 18.4 Å². The standard InChI is InChI=1S/C6H8/c1-6-4-2-3-5-6/h1-4H2. The van der Waals surface area contributed by atoms with Crippen molar-refractivity contribution in [3.8, 4) is 0 Å². The van der Waals surface area contributed by atoms with Crippen LogP contribution in [0.1, 0.15) is 19.3 Å². The SMILES string of the molecule is [CH2+]C1=[C-]CCC1. The predicted molar refractivity (Wildman–Crippen MR) is 26.0 cm³/mol. The van der Waals surface area contributed by atoms with Crippen LogP contribution in [0, 0.1) is 13.0 Å². The fourth-order valence-corrected chi connectivity index (χ4v) is 0.655. The van der Waals surface area contributed by atoms with Gasteiger partial charge in [0.05, 0.1) is 0 Å². The number of hydrogen-bond acceptors (Lipinski definition) is 0. The minimum atomic E-state index is 1.14. The molecule has 1 aliphatic rings. The molecule has 6 heavy (non-hydrogen) atoms. The maximum Gasteiger partial charge on any atom is -0.0270 e. The van der Waals surface area contributed by atoms with Crippen molar-refractivity contribution in [2.75, 3.05) is 0 Å². The van der Waals surface area contributed by atoms with Crippen molar-refractivity contribution in [2.24, 2.45) is 0 Å². The Morgan fingerprint density at radius 3 is 2.67 bits per heavy atom. The summed E-state index contributed by atoms with van der Waals surface area (Å²) in [4.78, 5) is 0. The fraction of sp³-hybridized carbons (Fsp3) is 0.500. The van der Waals surface area contributed by atoms with Gasteiger partial charge in [-0.2, -0.15) is 0 Å². The fourth-order valence-electron chi connectivity index (χ4n) is 0.655. The van der Waals surface area contributed by atoms with Gasteiger partial charge in [0.15, 0.2) is 0 Å². The summed E-state index contributed by atoms with van der Waals surface area (Å²) in [6.45, 7) is 3.74. The van der Waals surface area contributed by atoms with Crippen molar-refractivity contribution < 1.29 is 0 Å². The van der Waals surface area contributed by atoms with Gasteiger partial charge in [-0.25, -0.2) is 0 Å². The highest BCUT2D eigenvalue weighted by Gasteiger charge is 1.96. The Kier molecular flexibility index (Phi) is 0.868. The first-order valence-electron chi connectivity index (χ1n) is 2.31. The summed E-state index contributed by atoms with van der Waals surface area (Å²) in [5.74, 6) is 0. The van der Waals surface area contributed by atoms with Crippen LogP contribution in [0.2, 0.25) is 0 Å². The molecule has 0 N–H and O–H groups in total. The number of rotatable bonds is 0. The molecule has 0 aromatic rings. The molecular formula is C6H8. The molecule has 0 heterocycles. The summed E-state index contributed by atoms with van der Waals surface area (Å²) in [6.07, 6.45) is 6.72. The van der Waals surface area contributed by atoms with E-state index in [-0.39, 0.29) is 0 Å². The van der Waals surface area contributed by atoms with Gasteiger partial charge in [0.25, 0.3) is 0 Å². The van der Waals surface area contributed by atoms with E-state index in [1.54, 1.807) is 0 Å². The van der Waals surface area contributed by atoms with Crippen LogP contribution in [0.25, 0.3) is 0 Å². The molecule has 32 valence electrons. The molecule has 0 bridgehead atoms. The average Bonchev–Trinajstić information content (AvgIpc) is 1.86. The third-order valence-electron chi connectivity index (χ3n) is 1.03. The van der Waals surface area contributed by atoms with E-state index >= 15 is 0 Å². The van der Waals surface area contributed by atoms with Crippen LogP contribution >= 0.6 is 0 Å². The molecule has 0 aromatic heterocycles. The van der Waals surface area contributed by atoms with E-state index in [9.17, 15) is 0 Å². The molecule has 0 saturated heterocycles. The maximum absolute atomic E-state index is 3.74. The Labute approximate surface area is 38.9 Å². The highest BCUT2D eigenvalue weighted by molar-refractivity contribution is 5.04. The summed E-state index contributed by atoms with van der Waals surface area (Å²) in [5, 5.41) is 0. The largest absolute Gasteiger partial charge is 0.0955 e. The monoisotopic (exact) mass is 80.1 g/mol. The predicted octanol–water partition coefficient (Wildman–Crippen LogP) is 1.73. The van der Waals surface area contributed by atoms with Crippen molar-refractivity contribution in [1.82, 2.24) is 0 Å². The van der Waals surface area contributed by atoms with Crippen LogP contribution in [0.15, 0.2) is 5.57 Å². The smallest absolute Gasteiger partial charge is 0.0270 e. The van der Waals surface area contributed by atoms with Gasteiger partial charge in [-0.3, -0.25) is 0 Å². The van der Waals surface area contributed by atoms with E-state index in [0.717, 1.165) is 6.42 Å². The van der Waals surface area contributed by atoms with Crippen molar-refractivity contribution in [3.05, 3.63) is 18.6 Å². The van der Waals surface area contributed by atoms with Gasteiger partial charge in [-0.1, -0.05) is 12.5 Å². The van der Waals surface area contributed by atoms with E-state index in [1.807, 2.05) is 0 Å². The van der Waals surface area contributed by atoms with E-state index < -0.39 is 0 Å². The van der Waals surface area contributed by atoms with Gasteiger partial charge in [0.1, 0.15) is 0 Å². The molecule has 0 atom stereocenters. The van der Waals surface area contributed by atoms with Crippen molar-refractivity contribution in [2.45, 2.75) is 19.3 Å². The summed E-state index contributed by atoms with van der Waals surface area (Å²) < 4.78 is 0. The van der Waals surface area contributed by atoms with E-state index in [0.29, 0.717) is 0 Å².